The van der Waals surface area contributed by atoms with Crippen LogP contribution in [0.1, 0.15) is 0 Å². The van der Waals surface area contributed by atoms with E-state index in [2.05, 4.69) is 16.8 Å². The van der Waals surface area contributed by atoms with E-state index in [0.29, 0.717) is 27.0 Å². The average molecular weight is 479 g/mol. The number of rotatable bonds is 5. The molecule has 0 amide bonds. The molecule has 0 unspecified atom stereocenters. The van der Waals surface area contributed by atoms with Gasteiger partial charge in [-0.3, -0.25) is 0 Å². The monoisotopic (exact) mass is 478 g/mol. The van der Waals surface area contributed by atoms with Crippen LogP contribution in [0, 0.1) is 0 Å². The number of ether oxygens (including phenoxy) is 1. The van der Waals surface area contributed by atoms with E-state index < -0.39 is 10.0 Å². The van der Waals surface area contributed by atoms with Gasteiger partial charge in [-0.15, -0.1) is 11.3 Å². The first-order valence-corrected chi connectivity index (χ1v) is 12.5. The van der Waals surface area contributed by atoms with Gasteiger partial charge >= 0.3 is 0 Å². The molecule has 1 saturated heterocycles. The number of aromatic nitrogens is 1. The number of benzene rings is 2. The molecule has 0 atom stereocenters. The molecule has 0 aliphatic carbocycles. The smallest absolute Gasteiger partial charge is 0.238 e. The van der Waals surface area contributed by atoms with E-state index in [4.69, 9.17) is 26.5 Å². The van der Waals surface area contributed by atoms with Gasteiger partial charge in [0, 0.05) is 42.1 Å². The average Bonchev–Trinajstić information content (AvgIpc) is 3.23. The fourth-order valence-corrected chi connectivity index (χ4v) is 5.46. The maximum absolute atomic E-state index is 12.5. The molecule has 0 saturated carbocycles. The summed E-state index contributed by atoms with van der Waals surface area (Å²) in [5.74, 6) is 0.593. The Morgan fingerprint density at radius 1 is 1.10 bits per heavy atom. The summed E-state index contributed by atoms with van der Waals surface area (Å²) in [6, 6.07) is 10.5. The molecule has 1 aliphatic heterocycles. The van der Waals surface area contributed by atoms with E-state index in [0.717, 1.165) is 37.4 Å². The third-order valence-electron chi connectivity index (χ3n) is 5.31. The summed E-state index contributed by atoms with van der Waals surface area (Å²) < 4.78 is 30.6. The SMILES string of the molecule is COc1ccc(S(N)(=O)=O)c(-c2nc(-c3ccc(Cl)cc3)cs2)c1N1CCN(C)CC1. The number of nitrogens with two attached hydrogens (primary N) is 1. The number of anilines is 1. The van der Waals surface area contributed by atoms with Crippen molar-refractivity contribution in [2.24, 2.45) is 5.14 Å². The van der Waals surface area contributed by atoms with E-state index in [1.165, 1.54) is 17.4 Å². The molecule has 1 fully saturated rings. The first kappa shape index (κ1) is 22.0. The van der Waals surface area contributed by atoms with Gasteiger partial charge < -0.3 is 14.5 Å². The van der Waals surface area contributed by atoms with Crippen LogP contribution in [-0.2, 0) is 10.0 Å². The maximum Gasteiger partial charge on any atom is 0.238 e. The highest BCUT2D eigenvalue weighted by molar-refractivity contribution is 7.89. The van der Waals surface area contributed by atoms with Gasteiger partial charge in [-0.25, -0.2) is 18.5 Å². The van der Waals surface area contributed by atoms with Crippen molar-refractivity contribution in [2.45, 2.75) is 4.90 Å². The maximum atomic E-state index is 12.5. The summed E-state index contributed by atoms with van der Waals surface area (Å²) in [5.41, 5.74) is 2.83. The molecular formula is C21H23ClN4O3S2. The van der Waals surface area contributed by atoms with Crippen molar-refractivity contribution in [3.63, 3.8) is 0 Å². The molecule has 3 aromatic rings. The standard InChI is InChI=1S/C21H23ClN4O3S2/c1-25-9-11-26(12-10-25)20-17(29-2)7-8-18(31(23,27)28)19(20)21-24-16(13-30-21)14-3-5-15(22)6-4-14/h3-8,13H,9-12H2,1-2H3,(H2,23,27,28). The van der Waals surface area contributed by atoms with Crippen LogP contribution in [0.25, 0.3) is 21.8 Å². The first-order valence-electron chi connectivity index (χ1n) is 9.67. The van der Waals surface area contributed by atoms with Crippen LogP contribution in [0.4, 0.5) is 5.69 Å². The normalized spacial score (nSPS) is 15.3. The van der Waals surface area contributed by atoms with Crippen molar-refractivity contribution in [1.29, 1.82) is 0 Å². The number of nitrogens with zero attached hydrogens (tertiary/aromatic N) is 3. The minimum Gasteiger partial charge on any atom is -0.495 e. The van der Waals surface area contributed by atoms with Crippen molar-refractivity contribution in [2.75, 3.05) is 45.2 Å². The highest BCUT2D eigenvalue weighted by Gasteiger charge is 2.29. The van der Waals surface area contributed by atoms with Gasteiger partial charge in [-0.1, -0.05) is 23.7 Å². The minimum atomic E-state index is -3.98. The molecule has 164 valence electrons. The molecule has 2 heterocycles. The lowest BCUT2D eigenvalue weighted by molar-refractivity contribution is 0.311. The summed E-state index contributed by atoms with van der Waals surface area (Å²) in [6.45, 7) is 3.19. The minimum absolute atomic E-state index is 0.0410. The molecule has 2 N–H and O–H groups in total. The summed E-state index contributed by atoms with van der Waals surface area (Å²) in [7, 11) is -0.338. The summed E-state index contributed by atoms with van der Waals surface area (Å²) in [5, 5.41) is 8.72. The Labute approximate surface area is 191 Å². The van der Waals surface area contributed by atoms with Gasteiger partial charge in [-0.2, -0.15) is 0 Å². The molecule has 1 aliphatic rings. The van der Waals surface area contributed by atoms with Crippen LogP contribution >= 0.6 is 22.9 Å². The Hall–Kier alpha value is -2.17. The van der Waals surface area contributed by atoms with Gasteiger partial charge in [0.05, 0.1) is 29.0 Å². The predicted octanol–water partition coefficient (Wildman–Crippen LogP) is 3.54. The topological polar surface area (TPSA) is 88.8 Å². The van der Waals surface area contributed by atoms with Crippen molar-refractivity contribution in [1.82, 2.24) is 9.88 Å². The lowest BCUT2D eigenvalue weighted by atomic mass is 10.1. The molecule has 4 rings (SSSR count). The summed E-state index contributed by atoms with van der Waals surface area (Å²) >= 11 is 7.37. The number of likely N-dealkylation sites (N-methyl/N-ethyl adjacent to an activating group) is 1. The van der Waals surface area contributed by atoms with Crippen LogP contribution in [-0.4, -0.2) is 58.6 Å². The zero-order valence-corrected chi connectivity index (χ0v) is 19.6. The van der Waals surface area contributed by atoms with Crippen LogP contribution < -0.4 is 14.8 Å². The second-order valence-corrected chi connectivity index (χ2v) is 10.2. The molecule has 7 nitrogen and oxygen atoms in total. The number of piperazine rings is 1. The zero-order chi connectivity index (χ0) is 22.2. The molecular weight excluding hydrogens is 456 g/mol. The third kappa shape index (κ3) is 4.56. The Bertz CT molecular complexity index is 1190. The van der Waals surface area contributed by atoms with Crippen molar-refractivity contribution >= 4 is 38.6 Å². The number of primary sulfonamides is 1. The van der Waals surface area contributed by atoms with Crippen molar-refractivity contribution in [3.05, 3.63) is 46.8 Å². The number of hydrogen-bond acceptors (Lipinski definition) is 7. The lowest BCUT2D eigenvalue weighted by Crippen LogP contribution is -2.44. The van der Waals surface area contributed by atoms with Crippen LogP contribution in [0.2, 0.25) is 5.02 Å². The highest BCUT2D eigenvalue weighted by Crippen LogP contribution is 2.44. The number of hydrogen-bond donors (Lipinski definition) is 1. The van der Waals surface area contributed by atoms with E-state index in [1.807, 2.05) is 17.5 Å². The van der Waals surface area contributed by atoms with E-state index in [1.54, 1.807) is 25.3 Å². The van der Waals surface area contributed by atoms with Crippen LogP contribution in [0.5, 0.6) is 5.75 Å². The molecule has 0 spiro atoms. The summed E-state index contributed by atoms with van der Waals surface area (Å²) in [4.78, 5) is 9.18. The molecule has 10 heteroatoms. The fourth-order valence-electron chi connectivity index (χ4n) is 3.65. The van der Waals surface area contributed by atoms with E-state index in [-0.39, 0.29) is 4.90 Å². The molecule has 1 aromatic heterocycles. The van der Waals surface area contributed by atoms with Gasteiger partial charge in [0.2, 0.25) is 10.0 Å². The molecule has 31 heavy (non-hydrogen) atoms. The summed E-state index contributed by atoms with van der Waals surface area (Å²) in [6.07, 6.45) is 0. The Morgan fingerprint density at radius 2 is 1.77 bits per heavy atom. The second-order valence-electron chi connectivity index (χ2n) is 7.37. The Balaban J connectivity index is 1.90. The second kappa shape index (κ2) is 8.76. The van der Waals surface area contributed by atoms with E-state index in [9.17, 15) is 8.42 Å². The number of methoxy groups -OCH3 is 1. The predicted molar refractivity (Wildman–Crippen MR) is 126 cm³/mol. The highest BCUT2D eigenvalue weighted by atomic mass is 35.5. The van der Waals surface area contributed by atoms with Crippen molar-refractivity contribution < 1.29 is 13.2 Å². The number of halogens is 1. The van der Waals surface area contributed by atoms with Crippen LogP contribution in [0.3, 0.4) is 0 Å². The van der Waals surface area contributed by atoms with Crippen molar-refractivity contribution in [3.8, 4) is 27.6 Å². The number of sulfonamides is 1. The van der Waals surface area contributed by atoms with Crippen LogP contribution in [0.15, 0.2) is 46.7 Å². The fraction of sp³-hybridized carbons (Fsp3) is 0.286. The Morgan fingerprint density at radius 3 is 2.39 bits per heavy atom. The Kier molecular flexibility index (Phi) is 6.23. The van der Waals surface area contributed by atoms with Gasteiger partial charge in [0.25, 0.3) is 0 Å². The quantitative estimate of drug-likeness (QED) is 0.603. The largest absolute Gasteiger partial charge is 0.495 e. The molecule has 0 radical (unpaired) electrons. The zero-order valence-electron chi connectivity index (χ0n) is 17.2. The lowest BCUT2D eigenvalue weighted by Gasteiger charge is -2.36. The van der Waals surface area contributed by atoms with Gasteiger partial charge in [-0.05, 0) is 31.3 Å². The molecule has 2 aromatic carbocycles. The first-order chi connectivity index (χ1) is 14.8. The number of thiazole rings is 1. The third-order valence-corrected chi connectivity index (χ3v) is 7.37. The van der Waals surface area contributed by atoms with Gasteiger partial charge in [0.1, 0.15) is 10.8 Å². The molecule has 0 bridgehead atoms. The van der Waals surface area contributed by atoms with Gasteiger partial charge in [0.15, 0.2) is 0 Å². The van der Waals surface area contributed by atoms with E-state index >= 15 is 0 Å².